The molecule has 0 spiro atoms. The molecule has 0 aliphatic heterocycles. The highest BCUT2D eigenvalue weighted by Crippen LogP contribution is 2.33. The summed E-state index contributed by atoms with van der Waals surface area (Å²) < 4.78 is 6.10. The van der Waals surface area contributed by atoms with Crippen molar-refractivity contribution in [1.82, 2.24) is 9.97 Å². The van der Waals surface area contributed by atoms with Crippen LogP contribution in [0.3, 0.4) is 0 Å². The normalized spacial score (nSPS) is 10.3. The van der Waals surface area contributed by atoms with Gasteiger partial charge < -0.3 is 10.5 Å². The van der Waals surface area contributed by atoms with Gasteiger partial charge in [0, 0.05) is 12.1 Å². The summed E-state index contributed by atoms with van der Waals surface area (Å²) in [7, 11) is 0. The first kappa shape index (κ1) is 14.5. The minimum atomic E-state index is -0.499. The summed E-state index contributed by atoms with van der Waals surface area (Å²) >= 11 is 4.58. The predicted octanol–water partition coefficient (Wildman–Crippen LogP) is 3.24. The summed E-state index contributed by atoms with van der Waals surface area (Å²) in [6, 6.07) is 5.66. The molecule has 1 aromatic carbocycles. The molecule has 1 aromatic heterocycles. The molecule has 0 unspecified atom stereocenters. The van der Waals surface area contributed by atoms with Crippen LogP contribution in [0.4, 0.5) is 11.5 Å². The largest absolute Gasteiger partial charge is 0.437 e. The van der Waals surface area contributed by atoms with Crippen LogP contribution in [0.2, 0.25) is 0 Å². The predicted molar refractivity (Wildman–Crippen MR) is 79.1 cm³/mol. The van der Waals surface area contributed by atoms with Crippen molar-refractivity contribution >= 4 is 39.2 Å². The van der Waals surface area contributed by atoms with Crippen molar-refractivity contribution in [2.45, 2.75) is 5.16 Å². The van der Waals surface area contributed by atoms with Crippen molar-refractivity contribution in [1.29, 1.82) is 0 Å². The topological polar surface area (TPSA) is 104 Å². The molecule has 0 aliphatic carbocycles. The number of halogens is 1. The summed E-state index contributed by atoms with van der Waals surface area (Å²) in [4.78, 5) is 18.4. The molecule has 2 rings (SSSR count). The first-order valence-electron chi connectivity index (χ1n) is 5.30. The number of nitrogen functional groups attached to an aromatic ring is 1. The molecule has 0 atom stereocenters. The molecule has 2 N–H and O–H groups in total. The van der Waals surface area contributed by atoms with E-state index in [1.807, 2.05) is 6.26 Å². The third-order valence-electron chi connectivity index (χ3n) is 2.22. The number of thioether (sulfide) groups is 1. The number of hydrogen-bond acceptors (Lipinski definition) is 7. The van der Waals surface area contributed by atoms with Crippen molar-refractivity contribution in [3.63, 3.8) is 0 Å². The molecule has 0 saturated carbocycles. The molecular weight excluding hydrogens is 348 g/mol. The van der Waals surface area contributed by atoms with E-state index in [-0.39, 0.29) is 23.1 Å². The van der Waals surface area contributed by atoms with E-state index in [0.29, 0.717) is 9.63 Å². The van der Waals surface area contributed by atoms with E-state index in [2.05, 4.69) is 25.9 Å². The number of benzene rings is 1. The number of ether oxygens (including phenoxy) is 1. The van der Waals surface area contributed by atoms with Crippen LogP contribution in [-0.2, 0) is 0 Å². The Hall–Kier alpha value is -1.87. The zero-order valence-electron chi connectivity index (χ0n) is 10.2. The van der Waals surface area contributed by atoms with E-state index in [1.165, 1.54) is 36.0 Å². The van der Waals surface area contributed by atoms with Gasteiger partial charge in [-0.1, -0.05) is 11.8 Å². The van der Waals surface area contributed by atoms with Crippen molar-refractivity contribution in [3.8, 4) is 11.6 Å². The molecule has 0 fully saturated rings. The lowest BCUT2D eigenvalue weighted by Gasteiger charge is -2.08. The highest BCUT2D eigenvalue weighted by molar-refractivity contribution is 9.10. The van der Waals surface area contributed by atoms with Gasteiger partial charge in [0.15, 0.2) is 10.9 Å². The Labute approximate surface area is 126 Å². The second-order valence-electron chi connectivity index (χ2n) is 3.59. The molecule has 9 heteroatoms. The van der Waals surface area contributed by atoms with Gasteiger partial charge in [0.25, 0.3) is 5.69 Å². The number of hydrogen-bond donors (Lipinski definition) is 1. The van der Waals surface area contributed by atoms with Gasteiger partial charge in [0.1, 0.15) is 5.82 Å². The lowest BCUT2D eigenvalue weighted by atomic mass is 10.3. The van der Waals surface area contributed by atoms with Gasteiger partial charge in [-0.05, 0) is 28.3 Å². The highest BCUT2D eigenvalue weighted by atomic mass is 79.9. The van der Waals surface area contributed by atoms with Crippen LogP contribution in [0.1, 0.15) is 0 Å². The fourth-order valence-corrected chi connectivity index (χ4v) is 2.07. The van der Waals surface area contributed by atoms with Gasteiger partial charge in [-0.3, -0.25) is 10.1 Å². The molecule has 2 aromatic rings. The third kappa shape index (κ3) is 3.36. The Kier molecular flexibility index (Phi) is 4.40. The molecule has 0 aliphatic rings. The van der Waals surface area contributed by atoms with Gasteiger partial charge in [-0.15, -0.1) is 0 Å². The lowest BCUT2D eigenvalue weighted by Crippen LogP contribution is -1.98. The van der Waals surface area contributed by atoms with E-state index in [9.17, 15) is 10.1 Å². The van der Waals surface area contributed by atoms with Gasteiger partial charge in [-0.2, -0.15) is 4.98 Å². The van der Waals surface area contributed by atoms with Gasteiger partial charge in [-0.25, -0.2) is 4.98 Å². The molecular formula is C11H9BrN4O3S. The molecule has 1 heterocycles. The number of nitro groups is 1. The molecule has 7 nitrogen and oxygen atoms in total. The summed E-state index contributed by atoms with van der Waals surface area (Å²) in [6.45, 7) is 0. The first-order chi connectivity index (χ1) is 9.49. The van der Waals surface area contributed by atoms with Gasteiger partial charge in [0.2, 0.25) is 5.88 Å². The number of aromatic nitrogens is 2. The van der Waals surface area contributed by atoms with E-state index in [4.69, 9.17) is 10.5 Å². The number of nitrogens with zero attached hydrogens (tertiary/aromatic N) is 3. The monoisotopic (exact) mass is 356 g/mol. The zero-order valence-corrected chi connectivity index (χ0v) is 12.6. The van der Waals surface area contributed by atoms with Gasteiger partial charge in [0.05, 0.1) is 15.5 Å². The summed E-state index contributed by atoms with van der Waals surface area (Å²) in [5.74, 6) is 0.772. The molecule has 0 saturated heterocycles. The Morgan fingerprint density at radius 2 is 2.15 bits per heavy atom. The minimum absolute atomic E-state index is 0.0738. The molecule has 20 heavy (non-hydrogen) atoms. The van der Waals surface area contributed by atoms with Crippen LogP contribution >= 0.6 is 27.7 Å². The Morgan fingerprint density at radius 1 is 1.40 bits per heavy atom. The average molecular weight is 357 g/mol. The smallest absolute Gasteiger partial charge is 0.273 e. The molecule has 0 amide bonds. The van der Waals surface area contributed by atoms with Gasteiger partial charge >= 0.3 is 0 Å². The number of nitro benzene ring substituents is 1. The van der Waals surface area contributed by atoms with E-state index in [0.717, 1.165) is 0 Å². The number of nitrogens with two attached hydrogens (primary N) is 1. The second-order valence-corrected chi connectivity index (χ2v) is 5.22. The Balaban J connectivity index is 2.36. The number of rotatable bonds is 4. The van der Waals surface area contributed by atoms with E-state index < -0.39 is 4.92 Å². The third-order valence-corrected chi connectivity index (χ3v) is 3.43. The van der Waals surface area contributed by atoms with Crippen molar-refractivity contribution in [2.24, 2.45) is 0 Å². The Morgan fingerprint density at radius 3 is 2.80 bits per heavy atom. The van der Waals surface area contributed by atoms with E-state index >= 15 is 0 Å². The van der Waals surface area contributed by atoms with Crippen LogP contribution in [0.25, 0.3) is 0 Å². The molecule has 0 radical (unpaired) electrons. The second kappa shape index (κ2) is 6.06. The summed E-state index contributed by atoms with van der Waals surface area (Å²) in [5.41, 5.74) is 5.57. The SMILES string of the molecule is CSc1nc(N)cc(Oc2cc([N+](=O)[O-])ccc2Br)n1. The molecule has 0 bridgehead atoms. The van der Waals surface area contributed by atoms with Crippen molar-refractivity contribution < 1.29 is 9.66 Å². The quantitative estimate of drug-likeness (QED) is 0.388. The van der Waals surface area contributed by atoms with Crippen LogP contribution < -0.4 is 10.5 Å². The van der Waals surface area contributed by atoms with Crippen LogP contribution in [0.15, 0.2) is 33.9 Å². The summed E-state index contributed by atoms with van der Waals surface area (Å²) in [6.07, 6.45) is 1.81. The number of non-ortho nitro benzene ring substituents is 1. The summed E-state index contributed by atoms with van der Waals surface area (Å²) in [5, 5.41) is 11.2. The van der Waals surface area contributed by atoms with Crippen molar-refractivity contribution in [3.05, 3.63) is 38.9 Å². The fourth-order valence-electron chi connectivity index (χ4n) is 1.36. The highest BCUT2D eigenvalue weighted by Gasteiger charge is 2.12. The van der Waals surface area contributed by atoms with Crippen molar-refractivity contribution in [2.75, 3.05) is 12.0 Å². The standard InChI is InChI=1S/C11H9BrN4O3S/c1-20-11-14-9(13)5-10(15-11)19-8-4-6(16(17)18)2-3-7(8)12/h2-5H,1H3,(H2,13,14,15). The van der Waals surface area contributed by atoms with Crippen LogP contribution in [0.5, 0.6) is 11.6 Å². The van der Waals surface area contributed by atoms with Crippen LogP contribution in [-0.4, -0.2) is 21.1 Å². The fraction of sp³-hybridized carbons (Fsp3) is 0.0909. The maximum Gasteiger partial charge on any atom is 0.273 e. The Bertz CT molecular complexity index is 668. The first-order valence-corrected chi connectivity index (χ1v) is 7.31. The van der Waals surface area contributed by atoms with E-state index in [1.54, 1.807) is 0 Å². The lowest BCUT2D eigenvalue weighted by molar-refractivity contribution is -0.384. The maximum absolute atomic E-state index is 10.8. The molecule has 104 valence electrons. The number of anilines is 1. The maximum atomic E-state index is 10.8. The van der Waals surface area contributed by atoms with Crippen LogP contribution in [0, 0.1) is 10.1 Å². The minimum Gasteiger partial charge on any atom is -0.437 e. The zero-order chi connectivity index (χ0) is 14.7. The average Bonchev–Trinajstić information content (AvgIpc) is 2.40.